The Balaban J connectivity index is 1.86. The van der Waals surface area contributed by atoms with Gasteiger partial charge in [-0.2, -0.15) is 8.78 Å². The number of hydrogen-bond acceptors (Lipinski definition) is 5. The van der Waals surface area contributed by atoms with E-state index in [1.54, 1.807) is 20.8 Å². The van der Waals surface area contributed by atoms with Crippen LogP contribution in [0.2, 0.25) is 5.02 Å². The highest BCUT2D eigenvalue weighted by Crippen LogP contribution is 2.43. The molecule has 2 aromatic rings. The van der Waals surface area contributed by atoms with Gasteiger partial charge in [-0.15, -0.1) is 0 Å². The van der Waals surface area contributed by atoms with Gasteiger partial charge in [0.25, 0.3) is 6.08 Å². The van der Waals surface area contributed by atoms with Gasteiger partial charge in [-0.1, -0.05) is 11.6 Å². The number of rotatable bonds is 7. The van der Waals surface area contributed by atoms with E-state index in [0.717, 1.165) is 18.9 Å². The van der Waals surface area contributed by atoms with Crippen molar-refractivity contribution in [2.75, 3.05) is 31.6 Å². The Morgan fingerprint density at radius 3 is 2.58 bits per heavy atom. The highest BCUT2D eigenvalue weighted by atomic mass is 35.5. The molecule has 1 aliphatic rings. The molecule has 196 valence electrons. The summed E-state index contributed by atoms with van der Waals surface area (Å²) in [5.74, 6) is 0.157. The topological polar surface area (TPSA) is 60.0 Å². The second-order valence-electron chi connectivity index (χ2n) is 9.48. The lowest BCUT2D eigenvalue weighted by Gasteiger charge is -2.36. The minimum atomic E-state index is -1.86. The Labute approximate surface area is 214 Å². The highest BCUT2D eigenvalue weighted by molar-refractivity contribution is 6.35. The molecule has 1 heterocycles. The fourth-order valence-electron chi connectivity index (χ4n) is 4.02. The molecule has 1 atom stereocenters. The SMILES string of the molecule is COc1cc(F)ccc1Oc1ccc(C=C(F)F)c(N2CCC[C@@H](CNC(=O)OC(C)(C)C)C2)c1Cl. The van der Waals surface area contributed by atoms with E-state index in [0.29, 0.717) is 25.3 Å². The molecule has 6 nitrogen and oxygen atoms in total. The Hall–Kier alpha value is -3.07. The standard InChI is InChI=1S/C26H30ClF3N2O4/c1-26(2,3)36-25(33)31-14-16-6-5-11-32(15-16)24-17(12-22(29)30)7-9-20(23(24)27)35-19-10-8-18(28)13-21(19)34-4/h7-10,12-13,16H,5-6,11,14-15H2,1-4H3,(H,31,33)/t16-/m0/s1. The van der Waals surface area contributed by atoms with Crippen molar-refractivity contribution < 1.29 is 32.2 Å². The normalized spacial score (nSPS) is 15.8. The number of carbonyl (C=O) groups excluding carboxylic acids is 1. The van der Waals surface area contributed by atoms with Gasteiger partial charge in [0, 0.05) is 37.3 Å². The fourth-order valence-corrected chi connectivity index (χ4v) is 4.35. The van der Waals surface area contributed by atoms with Gasteiger partial charge in [0.15, 0.2) is 11.5 Å². The van der Waals surface area contributed by atoms with Gasteiger partial charge in [-0.05, 0) is 63.8 Å². The molecular formula is C26H30ClF3N2O4. The van der Waals surface area contributed by atoms with Crippen LogP contribution in [0.5, 0.6) is 17.2 Å². The van der Waals surface area contributed by atoms with Crippen molar-refractivity contribution >= 4 is 29.5 Å². The molecule has 0 saturated carbocycles. The number of halogens is 4. The summed E-state index contributed by atoms with van der Waals surface area (Å²) in [6, 6.07) is 6.77. The molecule has 0 spiro atoms. The van der Waals surface area contributed by atoms with Gasteiger partial charge < -0.3 is 24.4 Å². The number of alkyl carbamates (subject to hydrolysis) is 1. The first kappa shape index (κ1) is 27.5. The number of benzene rings is 2. The van der Waals surface area contributed by atoms with E-state index < -0.39 is 23.6 Å². The number of amides is 1. The van der Waals surface area contributed by atoms with Crippen molar-refractivity contribution in [2.24, 2.45) is 5.92 Å². The maximum atomic E-state index is 13.6. The number of methoxy groups -OCH3 is 1. The first-order chi connectivity index (χ1) is 17.0. The lowest BCUT2D eigenvalue weighted by atomic mass is 9.96. The molecule has 0 bridgehead atoms. The number of anilines is 1. The average molecular weight is 527 g/mol. The predicted octanol–water partition coefficient (Wildman–Crippen LogP) is 7.26. The molecule has 36 heavy (non-hydrogen) atoms. The van der Waals surface area contributed by atoms with Gasteiger partial charge in [0.1, 0.15) is 22.2 Å². The van der Waals surface area contributed by atoms with Crippen molar-refractivity contribution in [3.8, 4) is 17.2 Å². The van der Waals surface area contributed by atoms with E-state index in [2.05, 4.69) is 5.32 Å². The molecule has 0 aliphatic carbocycles. The summed E-state index contributed by atoms with van der Waals surface area (Å²) in [5, 5.41) is 2.92. The van der Waals surface area contributed by atoms with E-state index in [4.69, 9.17) is 25.8 Å². The molecule has 3 rings (SSSR count). The zero-order chi connectivity index (χ0) is 26.5. The van der Waals surface area contributed by atoms with E-state index in [1.165, 1.54) is 37.4 Å². The van der Waals surface area contributed by atoms with Gasteiger partial charge >= 0.3 is 6.09 Å². The number of piperidine rings is 1. The van der Waals surface area contributed by atoms with Crippen LogP contribution < -0.4 is 19.7 Å². The molecule has 1 fully saturated rings. The van der Waals surface area contributed by atoms with Crippen molar-refractivity contribution in [1.82, 2.24) is 5.32 Å². The van der Waals surface area contributed by atoms with Crippen molar-refractivity contribution in [3.05, 3.63) is 52.8 Å². The van der Waals surface area contributed by atoms with Crippen LogP contribution in [0, 0.1) is 11.7 Å². The Kier molecular flexibility index (Phi) is 9.00. The summed E-state index contributed by atoms with van der Waals surface area (Å²) in [5.41, 5.74) is 0.0193. The Morgan fingerprint density at radius 1 is 1.19 bits per heavy atom. The fraction of sp³-hybridized carbons (Fsp3) is 0.423. The molecular weight excluding hydrogens is 497 g/mol. The smallest absolute Gasteiger partial charge is 0.407 e. The zero-order valence-electron chi connectivity index (χ0n) is 20.7. The molecule has 1 N–H and O–H groups in total. The van der Waals surface area contributed by atoms with E-state index >= 15 is 0 Å². The molecule has 2 aromatic carbocycles. The quantitative estimate of drug-likeness (QED) is 0.411. The molecule has 1 saturated heterocycles. The number of nitrogens with zero attached hydrogens (tertiary/aromatic N) is 1. The predicted molar refractivity (Wildman–Crippen MR) is 134 cm³/mol. The van der Waals surface area contributed by atoms with Crippen LogP contribution in [0.3, 0.4) is 0 Å². The maximum Gasteiger partial charge on any atom is 0.407 e. The molecule has 10 heteroatoms. The van der Waals surface area contributed by atoms with Crippen molar-refractivity contribution in [1.29, 1.82) is 0 Å². The summed E-state index contributed by atoms with van der Waals surface area (Å²) in [6.45, 7) is 6.79. The molecule has 0 unspecified atom stereocenters. The number of nitrogens with one attached hydrogen (secondary N) is 1. The summed E-state index contributed by atoms with van der Waals surface area (Å²) in [7, 11) is 1.38. The third-order valence-corrected chi connectivity index (χ3v) is 5.86. The molecule has 0 aromatic heterocycles. The van der Waals surface area contributed by atoms with Gasteiger partial charge in [0.2, 0.25) is 0 Å². The summed E-state index contributed by atoms with van der Waals surface area (Å²) < 4.78 is 56.5. The van der Waals surface area contributed by atoms with E-state index in [-0.39, 0.29) is 33.8 Å². The van der Waals surface area contributed by atoms with Crippen molar-refractivity contribution in [2.45, 2.75) is 39.2 Å². The van der Waals surface area contributed by atoms with E-state index in [1.807, 2.05) is 4.90 Å². The van der Waals surface area contributed by atoms with Crippen LogP contribution in [-0.2, 0) is 4.74 Å². The first-order valence-electron chi connectivity index (χ1n) is 11.5. The largest absolute Gasteiger partial charge is 0.493 e. The summed E-state index contributed by atoms with van der Waals surface area (Å²) in [6.07, 6.45) is 0.00205. The van der Waals surface area contributed by atoms with Crippen molar-refractivity contribution in [3.63, 3.8) is 0 Å². The lowest BCUT2D eigenvalue weighted by Crippen LogP contribution is -2.42. The number of ether oxygens (including phenoxy) is 3. The summed E-state index contributed by atoms with van der Waals surface area (Å²) >= 11 is 6.71. The van der Waals surface area contributed by atoms with Crippen LogP contribution in [0.1, 0.15) is 39.2 Å². The summed E-state index contributed by atoms with van der Waals surface area (Å²) in [4.78, 5) is 14.0. The van der Waals surface area contributed by atoms with Crippen LogP contribution in [0.4, 0.5) is 23.7 Å². The average Bonchev–Trinajstić information content (AvgIpc) is 2.79. The monoisotopic (exact) mass is 526 g/mol. The zero-order valence-corrected chi connectivity index (χ0v) is 21.4. The van der Waals surface area contributed by atoms with Crippen LogP contribution in [0.15, 0.2) is 36.4 Å². The highest BCUT2D eigenvalue weighted by Gasteiger charge is 2.26. The third kappa shape index (κ3) is 7.46. The second-order valence-corrected chi connectivity index (χ2v) is 9.86. The van der Waals surface area contributed by atoms with Crippen LogP contribution >= 0.6 is 11.6 Å². The third-order valence-electron chi connectivity index (χ3n) is 5.49. The van der Waals surface area contributed by atoms with Gasteiger partial charge in [-0.3, -0.25) is 0 Å². The first-order valence-corrected chi connectivity index (χ1v) is 11.9. The second kappa shape index (κ2) is 11.8. The Bertz CT molecular complexity index is 1120. The van der Waals surface area contributed by atoms with Gasteiger partial charge in [0.05, 0.1) is 12.8 Å². The molecule has 1 amide bonds. The number of hydrogen-bond donors (Lipinski definition) is 1. The van der Waals surface area contributed by atoms with E-state index in [9.17, 15) is 18.0 Å². The molecule has 0 radical (unpaired) electrons. The minimum absolute atomic E-state index is 0.0520. The van der Waals surface area contributed by atoms with Gasteiger partial charge in [-0.25, -0.2) is 9.18 Å². The minimum Gasteiger partial charge on any atom is -0.493 e. The molecule has 1 aliphatic heterocycles. The van der Waals surface area contributed by atoms with Crippen LogP contribution in [-0.4, -0.2) is 38.4 Å². The number of carbonyl (C=O) groups is 1. The Morgan fingerprint density at radius 2 is 1.92 bits per heavy atom. The lowest BCUT2D eigenvalue weighted by molar-refractivity contribution is 0.0517. The maximum absolute atomic E-state index is 13.6. The van der Waals surface area contributed by atoms with Crippen LogP contribution in [0.25, 0.3) is 6.08 Å².